The maximum atomic E-state index is 11.8. The quantitative estimate of drug-likeness (QED) is 0.589. The molecule has 0 radical (unpaired) electrons. The van der Waals surface area contributed by atoms with Crippen molar-refractivity contribution in [2.75, 3.05) is 19.6 Å². The molecule has 3 nitrogen and oxygen atoms in total. The molecule has 0 aliphatic carbocycles. The third-order valence-electron chi connectivity index (χ3n) is 2.45. The number of likely N-dealkylation sites (N-methyl/N-ethyl adjacent to an activating group) is 1. The highest BCUT2D eigenvalue weighted by Crippen LogP contribution is 2.04. The van der Waals surface area contributed by atoms with Gasteiger partial charge in [-0.15, -0.1) is 6.42 Å². The lowest BCUT2D eigenvalue weighted by Gasteiger charge is -2.21. The van der Waals surface area contributed by atoms with Gasteiger partial charge in [-0.25, -0.2) is 0 Å². The van der Waals surface area contributed by atoms with Gasteiger partial charge in [0.15, 0.2) is 0 Å². The van der Waals surface area contributed by atoms with Gasteiger partial charge in [0.05, 0.1) is 13.1 Å². The Morgan fingerprint density at radius 3 is 2.71 bits per heavy atom. The van der Waals surface area contributed by atoms with Crippen molar-refractivity contribution in [1.29, 1.82) is 0 Å². The Bertz CT molecular complexity index is 381. The molecule has 1 amide bonds. The molecule has 3 heteroatoms. The van der Waals surface area contributed by atoms with Gasteiger partial charge in [-0.1, -0.05) is 36.3 Å². The molecule has 0 saturated heterocycles. The lowest BCUT2D eigenvalue weighted by atomic mass is 10.2. The molecule has 1 N–H and O–H groups in total. The van der Waals surface area contributed by atoms with Crippen molar-refractivity contribution in [3.63, 3.8) is 0 Å². The van der Waals surface area contributed by atoms with Gasteiger partial charge in [0.1, 0.15) is 0 Å². The van der Waals surface area contributed by atoms with E-state index < -0.39 is 0 Å². The van der Waals surface area contributed by atoms with Crippen LogP contribution in [0.2, 0.25) is 0 Å². The van der Waals surface area contributed by atoms with E-state index in [0.717, 1.165) is 5.56 Å². The Labute approximate surface area is 103 Å². The van der Waals surface area contributed by atoms with Crippen molar-refractivity contribution >= 4 is 5.91 Å². The smallest absolute Gasteiger partial charge is 0.236 e. The fourth-order valence-corrected chi connectivity index (χ4v) is 1.53. The van der Waals surface area contributed by atoms with E-state index in [9.17, 15) is 4.79 Å². The van der Waals surface area contributed by atoms with E-state index in [0.29, 0.717) is 26.2 Å². The zero-order chi connectivity index (χ0) is 12.5. The Morgan fingerprint density at radius 2 is 2.12 bits per heavy atom. The van der Waals surface area contributed by atoms with Crippen molar-refractivity contribution in [1.82, 2.24) is 10.2 Å². The number of benzene rings is 1. The van der Waals surface area contributed by atoms with Gasteiger partial charge in [0, 0.05) is 13.1 Å². The molecule has 1 aromatic rings. The molecule has 0 spiro atoms. The van der Waals surface area contributed by atoms with Gasteiger partial charge < -0.3 is 4.90 Å². The molecule has 0 saturated carbocycles. The fraction of sp³-hybridized carbons (Fsp3) is 0.357. The van der Waals surface area contributed by atoms with Crippen molar-refractivity contribution in [2.24, 2.45) is 0 Å². The van der Waals surface area contributed by atoms with Gasteiger partial charge >= 0.3 is 0 Å². The highest BCUT2D eigenvalue weighted by atomic mass is 16.2. The molecule has 0 bridgehead atoms. The average Bonchev–Trinajstić information content (AvgIpc) is 2.37. The summed E-state index contributed by atoms with van der Waals surface area (Å²) in [7, 11) is 0. The molecule has 0 aromatic heterocycles. The number of carbonyl (C=O) groups is 1. The number of carbonyl (C=O) groups excluding carboxylic acids is 1. The molecular formula is C14H18N2O. The largest absolute Gasteiger partial charge is 0.338 e. The highest BCUT2D eigenvalue weighted by Gasteiger charge is 2.10. The lowest BCUT2D eigenvalue weighted by Crippen LogP contribution is -2.37. The van der Waals surface area contributed by atoms with Crippen LogP contribution in [0.1, 0.15) is 12.5 Å². The second kappa shape index (κ2) is 7.48. The summed E-state index contributed by atoms with van der Waals surface area (Å²) in [5.41, 5.74) is 1.14. The van der Waals surface area contributed by atoms with Crippen LogP contribution in [0.25, 0.3) is 0 Å². The van der Waals surface area contributed by atoms with Crippen LogP contribution in [0.5, 0.6) is 0 Å². The summed E-state index contributed by atoms with van der Waals surface area (Å²) in [5.74, 6) is 2.52. The van der Waals surface area contributed by atoms with Crippen LogP contribution in [0.3, 0.4) is 0 Å². The van der Waals surface area contributed by atoms with E-state index in [2.05, 4.69) is 11.2 Å². The minimum absolute atomic E-state index is 0.0756. The van der Waals surface area contributed by atoms with E-state index in [1.54, 1.807) is 4.90 Å². The molecular weight excluding hydrogens is 212 g/mol. The van der Waals surface area contributed by atoms with Crippen molar-refractivity contribution < 1.29 is 4.79 Å². The van der Waals surface area contributed by atoms with Crippen LogP contribution in [-0.4, -0.2) is 30.4 Å². The average molecular weight is 230 g/mol. The van der Waals surface area contributed by atoms with E-state index in [1.807, 2.05) is 37.3 Å². The lowest BCUT2D eigenvalue weighted by molar-refractivity contribution is -0.130. The molecule has 1 rings (SSSR count). The second-order valence-corrected chi connectivity index (χ2v) is 3.70. The molecule has 0 atom stereocenters. The summed E-state index contributed by atoms with van der Waals surface area (Å²) in [6, 6.07) is 9.96. The number of nitrogens with zero attached hydrogens (tertiary/aromatic N) is 1. The SMILES string of the molecule is C#CCNCC(=O)N(CC)Cc1ccccc1. The zero-order valence-corrected chi connectivity index (χ0v) is 10.1. The van der Waals surface area contributed by atoms with Gasteiger partial charge in [0.25, 0.3) is 0 Å². The van der Waals surface area contributed by atoms with Gasteiger partial charge in [0.2, 0.25) is 5.91 Å². The third kappa shape index (κ3) is 4.71. The topological polar surface area (TPSA) is 32.3 Å². The first-order chi connectivity index (χ1) is 8.27. The van der Waals surface area contributed by atoms with Gasteiger partial charge in [-0.3, -0.25) is 10.1 Å². The molecule has 0 heterocycles. The number of nitrogens with one attached hydrogen (secondary N) is 1. The van der Waals surface area contributed by atoms with Gasteiger partial charge in [-0.2, -0.15) is 0 Å². The first-order valence-corrected chi connectivity index (χ1v) is 5.73. The summed E-state index contributed by atoms with van der Waals surface area (Å²) in [4.78, 5) is 13.7. The monoisotopic (exact) mass is 230 g/mol. The molecule has 0 fully saturated rings. The van der Waals surface area contributed by atoms with E-state index >= 15 is 0 Å². The third-order valence-corrected chi connectivity index (χ3v) is 2.45. The van der Waals surface area contributed by atoms with E-state index in [-0.39, 0.29) is 5.91 Å². The highest BCUT2D eigenvalue weighted by molar-refractivity contribution is 5.78. The van der Waals surface area contributed by atoms with Crippen LogP contribution < -0.4 is 5.32 Å². The van der Waals surface area contributed by atoms with Crippen LogP contribution in [0.4, 0.5) is 0 Å². The summed E-state index contributed by atoms with van der Waals surface area (Å²) in [5, 5.41) is 2.91. The predicted octanol–water partition coefficient (Wildman–Crippen LogP) is 1.26. The first-order valence-electron chi connectivity index (χ1n) is 5.73. The molecule has 0 aliphatic rings. The summed E-state index contributed by atoms with van der Waals surface area (Å²) < 4.78 is 0. The number of hydrogen-bond donors (Lipinski definition) is 1. The zero-order valence-electron chi connectivity index (χ0n) is 10.1. The Hall–Kier alpha value is -1.79. The summed E-state index contributed by atoms with van der Waals surface area (Å²) in [6.07, 6.45) is 5.11. The van der Waals surface area contributed by atoms with Crippen LogP contribution >= 0.6 is 0 Å². The number of terminal acetylenes is 1. The Morgan fingerprint density at radius 1 is 1.41 bits per heavy atom. The standard InChI is InChI=1S/C14H18N2O/c1-3-10-15-11-14(17)16(4-2)12-13-8-6-5-7-9-13/h1,5-9,15H,4,10-12H2,2H3. The minimum Gasteiger partial charge on any atom is -0.338 e. The normalized spacial score (nSPS) is 9.65. The molecule has 17 heavy (non-hydrogen) atoms. The summed E-state index contributed by atoms with van der Waals surface area (Å²) in [6.45, 7) is 4.04. The molecule has 1 aromatic carbocycles. The maximum absolute atomic E-state index is 11.8. The van der Waals surface area contributed by atoms with Crippen molar-refractivity contribution in [3.8, 4) is 12.3 Å². The number of rotatable bonds is 6. The molecule has 0 unspecified atom stereocenters. The first kappa shape index (κ1) is 13.3. The summed E-state index contributed by atoms with van der Waals surface area (Å²) >= 11 is 0. The van der Waals surface area contributed by atoms with Crippen LogP contribution in [-0.2, 0) is 11.3 Å². The predicted molar refractivity (Wildman–Crippen MR) is 69.2 cm³/mol. The van der Waals surface area contributed by atoms with Crippen LogP contribution in [0.15, 0.2) is 30.3 Å². The molecule has 90 valence electrons. The van der Waals surface area contributed by atoms with E-state index in [1.165, 1.54) is 0 Å². The number of hydrogen-bond acceptors (Lipinski definition) is 2. The minimum atomic E-state index is 0.0756. The second-order valence-electron chi connectivity index (χ2n) is 3.70. The van der Waals surface area contributed by atoms with Crippen molar-refractivity contribution in [3.05, 3.63) is 35.9 Å². The maximum Gasteiger partial charge on any atom is 0.236 e. The Balaban J connectivity index is 2.48. The van der Waals surface area contributed by atoms with Crippen LogP contribution in [0, 0.1) is 12.3 Å². The van der Waals surface area contributed by atoms with Gasteiger partial charge in [-0.05, 0) is 12.5 Å². The van der Waals surface area contributed by atoms with E-state index in [4.69, 9.17) is 6.42 Å². The Kier molecular flexibility index (Phi) is 5.84. The molecule has 0 aliphatic heterocycles. The number of amides is 1. The fourth-order valence-electron chi connectivity index (χ4n) is 1.53. The van der Waals surface area contributed by atoms with Crippen molar-refractivity contribution in [2.45, 2.75) is 13.5 Å².